The van der Waals surface area contributed by atoms with Crippen LogP contribution in [0.5, 0.6) is 5.75 Å². The van der Waals surface area contributed by atoms with Crippen LogP contribution >= 0.6 is 0 Å². The largest absolute Gasteiger partial charge is 0.510 e. The minimum Gasteiger partial charge on any atom is -0.510 e. The van der Waals surface area contributed by atoms with Gasteiger partial charge < -0.3 is 26.2 Å². The SMILES string of the molecule is CN(C)[C@@H]1C(O)=C(C(N)=O)C(=O)[C@@]2(O)C(O)=C3C(=O)c4c(O)ccc(-c5ccccn5)c4C[C@H]3C[C@H]12. The molecular weight excluding hydrogens is 466 g/mol. The molecule has 3 aliphatic carbocycles. The third-order valence-electron chi connectivity index (χ3n) is 7.55. The summed E-state index contributed by atoms with van der Waals surface area (Å²) >= 11 is 0. The van der Waals surface area contributed by atoms with Crippen molar-refractivity contribution in [1.82, 2.24) is 9.88 Å². The first-order valence-electron chi connectivity index (χ1n) is 11.4. The van der Waals surface area contributed by atoms with Crippen LogP contribution in [0.15, 0.2) is 59.2 Å². The molecule has 0 radical (unpaired) electrons. The lowest BCUT2D eigenvalue weighted by Gasteiger charge is -2.50. The number of aromatic nitrogens is 1. The van der Waals surface area contributed by atoms with Crippen LogP contribution in [0.2, 0.25) is 0 Å². The number of hydrogen-bond donors (Lipinski definition) is 5. The number of ketones is 2. The number of carbonyl (C=O) groups is 3. The Morgan fingerprint density at radius 2 is 1.86 bits per heavy atom. The highest BCUT2D eigenvalue weighted by Crippen LogP contribution is 2.52. The Labute approximate surface area is 206 Å². The zero-order valence-electron chi connectivity index (χ0n) is 19.6. The Balaban J connectivity index is 1.73. The number of aliphatic hydroxyl groups excluding tert-OH is 2. The first kappa shape index (κ1) is 23.7. The molecule has 10 nitrogen and oxygen atoms in total. The molecule has 36 heavy (non-hydrogen) atoms. The summed E-state index contributed by atoms with van der Waals surface area (Å²) in [5.74, 6) is -6.74. The number of hydrogen-bond acceptors (Lipinski definition) is 9. The number of primary amides is 1. The van der Waals surface area contributed by atoms with Crippen LogP contribution in [-0.4, -0.2) is 73.5 Å². The van der Waals surface area contributed by atoms with E-state index in [1.54, 1.807) is 44.6 Å². The van der Waals surface area contributed by atoms with Crippen molar-refractivity contribution in [2.45, 2.75) is 24.5 Å². The van der Waals surface area contributed by atoms with E-state index >= 15 is 0 Å². The number of nitrogens with zero attached hydrogens (tertiary/aromatic N) is 2. The molecule has 5 rings (SSSR count). The van der Waals surface area contributed by atoms with Gasteiger partial charge in [-0.2, -0.15) is 0 Å². The smallest absolute Gasteiger partial charge is 0.255 e. The minimum atomic E-state index is -2.65. The standard InChI is InChI=1S/C26H25N3O7/c1-29(2)20-14-10-11-9-13-12(15-5-3-4-8-28-15)6-7-16(30)18(13)21(31)17(11)23(33)26(14,36)24(34)19(22(20)32)25(27)35/h3-8,11,14,20,30,32-33,36H,9-10H2,1-2H3,(H2,27,35)/t11-,14+,20-,26-/m0/s1. The van der Waals surface area contributed by atoms with Gasteiger partial charge in [0.2, 0.25) is 5.78 Å². The normalized spacial score (nSPS) is 27.6. The van der Waals surface area contributed by atoms with E-state index < -0.39 is 58.0 Å². The van der Waals surface area contributed by atoms with Crippen molar-refractivity contribution in [3.05, 3.63) is 70.3 Å². The molecule has 1 aromatic heterocycles. The maximum atomic E-state index is 13.7. The molecule has 1 amide bonds. The molecule has 6 N–H and O–H groups in total. The van der Waals surface area contributed by atoms with Crippen molar-refractivity contribution in [2.75, 3.05) is 14.1 Å². The van der Waals surface area contributed by atoms with Crippen LogP contribution in [0.25, 0.3) is 11.3 Å². The summed E-state index contributed by atoms with van der Waals surface area (Å²) in [6, 6.07) is 7.32. The average Bonchev–Trinajstić information content (AvgIpc) is 2.81. The molecule has 0 saturated heterocycles. The van der Waals surface area contributed by atoms with Crippen molar-refractivity contribution in [3.63, 3.8) is 0 Å². The highest BCUT2D eigenvalue weighted by molar-refractivity contribution is 6.24. The number of amides is 1. The van der Waals surface area contributed by atoms with Crippen molar-refractivity contribution in [1.29, 1.82) is 0 Å². The number of nitrogens with two attached hydrogens (primary N) is 1. The predicted molar refractivity (Wildman–Crippen MR) is 127 cm³/mol. The number of pyridine rings is 1. The number of aromatic hydroxyl groups is 1. The molecule has 2 aromatic rings. The topological polar surface area (TPSA) is 174 Å². The molecule has 0 saturated carbocycles. The molecule has 186 valence electrons. The van der Waals surface area contributed by atoms with Crippen molar-refractivity contribution in [2.24, 2.45) is 17.6 Å². The summed E-state index contributed by atoms with van der Waals surface area (Å²) in [6.45, 7) is 0. The fourth-order valence-electron chi connectivity index (χ4n) is 6.01. The van der Waals surface area contributed by atoms with Crippen LogP contribution in [-0.2, 0) is 16.0 Å². The van der Waals surface area contributed by atoms with E-state index in [1.165, 1.54) is 11.0 Å². The van der Waals surface area contributed by atoms with Gasteiger partial charge in [0.25, 0.3) is 5.91 Å². The van der Waals surface area contributed by atoms with Crippen molar-refractivity contribution in [3.8, 4) is 17.0 Å². The number of Topliss-reactive ketones (excluding diaryl/α,β-unsaturated/α-hetero) is 2. The highest BCUT2D eigenvalue weighted by Gasteiger charge is 2.63. The number of carbonyl (C=O) groups excluding carboxylic acids is 3. The van der Waals surface area contributed by atoms with E-state index in [0.717, 1.165) is 0 Å². The first-order chi connectivity index (χ1) is 17.0. The van der Waals surface area contributed by atoms with Gasteiger partial charge >= 0.3 is 0 Å². The van der Waals surface area contributed by atoms with E-state index in [9.17, 15) is 34.8 Å². The van der Waals surface area contributed by atoms with Crippen LogP contribution in [0.1, 0.15) is 22.3 Å². The third-order valence-corrected chi connectivity index (χ3v) is 7.55. The zero-order valence-corrected chi connectivity index (χ0v) is 19.6. The quantitative estimate of drug-likeness (QED) is 0.395. The molecule has 10 heteroatoms. The predicted octanol–water partition coefficient (Wildman–Crippen LogP) is 1.18. The van der Waals surface area contributed by atoms with E-state index in [-0.39, 0.29) is 29.7 Å². The number of phenols is 1. The van der Waals surface area contributed by atoms with E-state index in [2.05, 4.69) is 4.98 Å². The van der Waals surface area contributed by atoms with Gasteiger partial charge in [-0.05, 0) is 62.7 Å². The maximum absolute atomic E-state index is 13.7. The minimum absolute atomic E-state index is 0.0308. The summed E-state index contributed by atoms with van der Waals surface area (Å²) in [6.07, 6.45) is 1.84. The van der Waals surface area contributed by atoms with Crippen molar-refractivity contribution < 1.29 is 34.8 Å². The van der Waals surface area contributed by atoms with Gasteiger partial charge in [0.1, 0.15) is 22.8 Å². The number of benzene rings is 1. The summed E-state index contributed by atoms with van der Waals surface area (Å²) in [5, 5.41) is 44.4. The highest BCUT2D eigenvalue weighted by atomic mass is 16.3. The number of allylic oxidation sites excluding steroid dienone is 1. The van der Waals surface area contributed by atoms with Crippen LogP contribution in [0.4, 0.5) is 0 Å². The van der Waals surface area contributed by atoms with Crippen LogP contribution in [0, 0.1) is 11.8 Å². The monoisotopic (exact) mass is 491 g/mol. The zero-order chi connectivity index (χ0) is 26.1. The van der Waals surface area contributed by atoms with Crippen molar-refractivity contribution >= 4 is 17.5 Å². The van der Waals surface area contributed by atoms with Gasteiger partial charge in [0.15, 0.2) is 11.4 Å². The molecule has 1 heterocycles. The number of phenolic OH excluding ortho intramolecular Hbond substituents is 1. The van der Waals surface area contributed by atoms with Gasteiger partial charge in [-0.15, -0.1) is 0 Å². The molecule has 3 aliphatic rings. The Morgan fingerprint density at radius 3 is 2.47 bits per heavy atom. The summed E-state index contributed by atoms with van der Waals surface area (Å²) in [4.78, 5) is 44.9. The van der Waals surface area contributed by atoms with Gasteiger partial charge in [-0.25, -0.2) is 0 Å². The first-order valence-corrected chi connectivity index (χ1v) is 11.4. The molecule has 0 unspecified atom stereocenters. The lowest BCUT2D eigenvalue weighted by atomic mass is 9.58. The number of likely N-dealkylation sites (N-methyl/N-ethyl adjacent to an activating group) is 1. The molecule has 0 bridgehead atoms. The number of rotatable bonds is 3. The van der Waals surface area contributed by atoms with Gasteiger partial charge in [-0.1, -0.05) is 6.07 Å². The maximum Gasteiger partial charge on any atom is 0.255 e. The Bertz CT molecular complexity index is 1400. The third kappa shape index (κ3) is 3.04. The number of fused-ring (bicyclic) bond motifs is 3. The fourth-order valence-corrected chi connectivity index (χ4v) is 6.01. The average molecular weight is 492 g/mol. The van der Waals surface area contributed by atoms with E-state index in [1.807, 2.05) is 0 Å². The lowest BCUT2D eigenvalue weighted by molar-refractivity contribution is -0.148. The van der Waals surface area contributed by atoms with E-state index in [4.69, 9.17) is 5.73 Å². The summed E-state index contributed by atoms with van der Waals surface area (Å²) < 4.78 is 0. The second-order valence-corrected chi connectivity index (χ2v) is 9.66. The molecule has 0 aliphatic heterocycles. The van der Waals surface area contributed by atoms with Gasteiger partial charge in [0, 0.05) is 23.3 Å². The molecular formula is C26H25N3O7. The summed E-state index contributed by atoms with van der Waals surface area (Å²) in [7, 11) is 3.18. The molecule has 1 aromatic carbocycles. The molecule has 4 atom stereocenters. The van der Waals surface area contributed by atoms with E-state index in [0.29, 0.717) is 16.8 Å². The fraction of sp³-hybridized carbons (Fsp3) is 0.308. The molecule has 0 fully saturated rings. The Kier molecular flexibility index (Phi) is 5.27. The van der Waals surface area contributed by atoms with Gasteiger partial charge in [-0.3, -0.25) is 24.3 Å². The van der Waals surface area contributed by atoms with Crippen LogP contribution in [0.3, 0.4) is 0 Å². The van der Waals surface area contributed by atoms with Gasteiger partial charge in [0.05, 0.1) is 17.3 Å². The number of aliphatic hydroxyl groups is 3. The summed E-state index contributed by atoms with van der Waals surface area (Å²) in [5.41, 5.74) is 3.39. The Hall–Kier alpha value is -4.02. The molecule has 0 spiro atoms. The second-order valence-electron chi connectivity index (χ2n) is 9.66. The van der Waals surface area contributed by atoms with Crippen LogP contribution < -0.4 is 5.73 Å². The second kappa shape index (κ2) is 8.00. The Morgan fingerprint density at radius 1 is 1.14 bits per heavy atom. The lowest BCUT2D eigenvalue weighted by Crippen LogP contribution is -2.63.